The lowest BCUT2D eigenvalue weighted by Gasteiger charge is -2.05. The summed E-state index contributed by atoms with van der Waals surface area (Å²) in [5.74, 6) is 1.11. The van der Waals surface area contributed by atoms with Crippen molar-refractivity contribution in [3.8, 4) is 0 Å². The molecule has 0 heterocycles. The summed E-state index contributed by atoms with van der Waals surface area (Å²) in [5, 5.41) is 0. The first-order valence-electron chi connectivity index (χ1n) is 10.6. The highest BCUT2D eigenvalue weighted by Crippen LogP contribution is 2.11. The molecule has 0 aromatic rings. The van der Waals surface area contributed by atoms with Crippen LogP contribution in [0.2, 0.25) is 0 Å². The van der Waals surface area contributed by atoms with Crippen LogP contribution in [0.1, 0.15) is 97.3 Å². The first kappa shape index (κ1) is 25.3. The van der Waals surface area contributed by atoms with E-state index >= 15 is 0 Å². The van der Waals surface area contributed by atoms with Crippen LogP contribution in [0.4, 0.5) is 0 Å². The molecule has 0 aliphatic heterocycles. The van der Waals surface area contributed by atoms with Gasteiger partial charge in [-0.15, -0.1) is 0 Å². The average Bonchev–Trinajstić information content (AvgIpc) is 2.62. The number of thioether (sulfide) groups is 1. The Bertz CT molecular complexity index is 334. The van der Waals surface area contributed by atoms with Gasteiger partial charge in [0.05, 0.1) is 26.1 Å². The number of unbranched alkanes of at least 4 members (excludes halogenated alkanes) is 10. The molecule has 0 N–H and O–H groups in total. The number of esters is 2. The molecular weight excluding hydrogens is 348 g/mol. The lowest BCUT2D eigenvalue weighted by Crippen LogP contribution is -2.08. The zero-order chi connectivity index (χ0) is 19.3. The summed E-state index contributed by atoms with van der Waals surface area (Å²) in [6, 6.07) is 0. The number of hydrogen-bond donors (Lipinski definition) is 0. The first-order valence-corrected chi connectivity index (χ1v) is 11.7. The number of hydrogen-bond acceptors (Lipinski definition) is 5. The van der Waals surface area contributed by atoms with Gasteiger partial charge in [0.25, 0.3) is 0 Å². The van der Waals surface area contributed by atoms with Gasteiger partial charge in [-0.25, -0.2) is 0 Å². The average molecular weight is 389 g/mol. The van der Waals surface area contributed by atoms with Gasteiger partial charge in [0.2, 0.25) is 0 Å². The number of rotatable bonds is 19. The molecule has 0 rings (SSSR count). The molecule has 0 unspecified atom stereocenters. The lowest BCUT2D eigenvalue weighted by atomic mass is 10.1. The van der Waals surface area contributed by atoms with Crippen molar-refractivity contribution in [1.82, 2.24) is 0 Å². The second-order valence-corrected chi connectivity index (χ2v) is 7.90. The van der Waals surface area contributed by atoms with Crippen LogP contribution in [0.25, 0.3) is 0 Å². The molecule has 0 saturated carbocycles. The Hall–Kier alpha value is -0.710. The predicted molar refractivity (Wildman–Crippen MR) is 111 cm³/mol. The van der Waals surface area contributed by atoms with Crippen LogP contribution in [-0.2, 0) is 19.1 Å². The highest BCUT2D eigenvalue weighted by molar-refractivity contribution is 7.99. The normalized spacial score (nSPS) is 10.7. The number of carbonyl (C=O) groups is 2. The molecular formula is C21H40O4S. The molecule has 0 bridgehead atoms. The maximum Gasteiger partial charge on any atom is 0.306 e. The van der Waals surface area contributed by atoms with Gasteiger partial charge in [0.15, 0.2) is 0 Å². The zero-order valence-corrected chi connectivity index (χ0v) is 17.9. The van der Waals surface area contributed by atoms with Gasteiger partial charge in [-0.2, -0.15) is 11.8 Å². The Morgan fingerprint density at radius 2 is 1.12 bits per heavy atom. The Labute approximate surface area is 165 Å². The summed E-state index contributed by atoms with van der Waals surface area (Å²) in [6.07, 6.45) is 15.1. The van der Waals surface area contributed by atoms with Crippen LogP contribution >= 0.6 is 11.8 Å². The monoisotopic (exact) mass is 388 g/mol. The van der Waals surface area contributed by atoms with Crippen molar-refractivity contribution >= 4 is 23.7 Å². The SMILES string of the molecule is CCCCCCCCCCCCCOC(=O)CCSCCC(=O)OCC. The largest absolute Gasteiger partial charge is 0.466 e. The van der Waals surface area contributed by atoms with Crippen LogP contribution in [0.15, 0.2) is 0 Å². The second-order valence-electron chi connectivity index (χ2n) is 6.67. The molecule has 0 fully saturated rings. The van der Waals surface area contributed by atoms with Crippen molar-refractivity contribution in [3.05, 3.63) is 0 Å². The topological polar surface area (TPSA) is 52.6 Å². The Balaban J connectivity index is 3.21. The minimum Gasteiger partial charge on any atom is -0.466 e. The molecule has 0 atom stereocenters. The summed E-state index contributed by atoms with van der Waals surface area (Å²) >= 11 is 1.59. The van der Waals surface area contributed by atoms with Crippen LogP contribution in [-0.4, -0.2) is 36.7 Å². The molecule has 154 valence electrons. The number of carbonyl (C=O) groups excluding carboxylic acids is 2. The molecule has 0 radical (unpaired) electrons. The van der Waals surface area contributed by atoms with Crippen molar-refractivity contribution in [1.29, 1.82) is 0 Å². The van der Waals surface area contributed by atoms with Gasteiger partial charge >= 0.3 is 11.9 Å². The first-order chi connectivity index (χ1) is 12.7. The minimum atomic E-state index is -0.168. The van der Waals surface area contributed by atoms with E-state index in [1.807, 2.05) is 0 Å². The summed E-state index contributed by atoms with van der Waals surface area (Å²) in [7, 11) is 0. The summed E-state index contributed by atoms with van der Waals surface area (Å²) in [5.41, 5.74) is 0. The van der Waals surface area contributed by atoms with Crippen molar-refractivity contribution < 1.29 is 19.1 Å². The zero-order valence-electron chi connectivity index (χ0n) is 17.1. The summed E-state index contributed by atoms with van der Waals surface area (Å²) in [4.78, 5) is 22.7. The predicted octanol–water partition coefficient (Wildman–Crippen LogP) is 5.92. The standard InChI is InChI=1S/C21H40O4S/c1-3-5-6-7-8-9-10-11-12-13-14-17-25-21(23)16-19-26-18-15-20(22)24-4-2/h3-19H2,1-2H3. The van der Waals surface area contributed by atoms with Crippen molar-refractivity contribution in [2.45, 2.75) is 97.3 Å². The fraction of sp³-hybridized carbons (Fsp3) is 0.905. The van der Waals surface area contributed by atoms with Gasteiger partial charge in [-0.1, -0.05) is 71.1 Å². The highest BCUT2D eigenvalue weighted by atomic mass is 32.2. The molecule has 0 amide bonds. The van der Waals surface area contributed by atoms with E-state index in [9.17, 15) is 9.59 Å². The molecule has 0 aromatic carbocycles. The fourth-order valence-electron chi connectivity index (χ4n) is 2.67. The van der Waals surface area contributed by atoms with Crippen LogP contribution in [0.3, 0.4) is 0 Å². The van der Waals surface area contributed by atoms with Gasteiger partial charge in [0.1, 0.15) is 0 Å². The molecule has 0 aliphatic rings. The Morgan fingerprint density at radius 3 is 1.62 bits per heavy atom. The Morgan fingerprint density at radius 1 is 0.654 bits per heavy atom. The lowest BCUT2D eigenvalue weighted by molar-refractivity contribution is -0.143. The van der Waals surface area contributed by atoms with Crippen molar-refractivity contribution in [2.24, 2.45) is 0 Å². The van der Waals surface area contributed by atoms with E-state index in [2.05, 4.69) is 6.92 Å². The van der Waals surface area contributed by atoms with Gasteiger partial charge in [-0.05, 0) is 13.3 Å². The van der Waals surface area contributed by atoms with Crippen LogP contribution in [0, 0.1) is 0 Å². The molecule has 0 aliphatic carbocycles. The molecule has 4 nitrogen and oxygen atoms in total. The minimum absolute atomic E-state index is 0.124. The molecule has 0 aromatic heterocycles. The van der Waals surface area contributed by atoms with Gasteiger partial charge in [-0.3, -0.25) is 9.59 Å². The van der Waals surface area contributed by atoms with E-state index in [4.69, 9.17) is 9.47 Å². The maximum absolute atomic E-state index is 11.6. The number of ether oxygens (including phenoxy) is 2. The molecule has 26 heavy (non-hydrogen) atoms. The quantitative estimate of drug-likeness (QED) is 0.203. The van der Waals surface area contributed by atoms with E-state index in [1.165, 1.54) is 57.8 Å². The van der Waals surface area contributed by atoms with E-state index in [1.54, 1.807) is 18.7 Å². The molecule has 5 heteroatoms. The third-order valence-corrected chi connectivity index (χ3v) is 5.20. The van der Waals surface area contributed by atoms with Crippen molar-refractivity contribution in [2.75, 3.05) is 24.7 Å². The molecule has 0 spiro atoms. The van der Waals surface area contributed by atoms with E-state index in [0.29, 0.717) is 37.6 Å². The van der Waals surface area contributed by atoms with Gasteiger partial charge in [0, 0.05) is 11.5 Å². The third kappa shape index (κ3) is 19.6. The summed E-state index contributed by atoms with van der Waals surface area (Å²) < 4.78 is 10.1. The van der Waals surface area contributed by atoms with E-state index < -0.39 is 0 Å². The smallest absolute Gasteiger partial charge is 0.306 e. The van der Waals surface area contributed by atoms with E-state index in [-0.39, 0.29) is 11.9 Å². The molecule has 0 saturated heterocycles. The maximum atomic E-state index is 11.6. The highest BCUT2D eigenvalue weighted by Gasteiger charge is 2.05. The van der Waals surface area contributed by atoms with Crippen molar-refractivity contribution in [3.63, 3.8) is 0 Å². The van der Waals surface area contributed by atoms with Gasteiger partial charge < -0.3 is 9.47 Å². The Kier molecular flexibility index (Phi) is 20.0. The van der Waals surface area contributed by atoms with E-state index in [0.717, 1.165) is 12.8 Å². The van der Waals surface area contributed by atoms with Crippen LogP contribution < -0.4 is 0 Å². The third-order valence-electron chi connectivity index (χ3n) is 4.22. The second kappa shape index (κ2) is 20.6. The summed E-state index contributed by atoms with van der Waals surface area (Å²) in [6.45, 7) is 5.03. The van der Waals surface area contributed by atoms with Crippen LogP contribution in [0.5, 0.6) is 0 Å². The fourth-order valence-corrected chi connectivity index (χ4v) is 3.50.